The minimum Gasteiger partial charge on any atom is -0.496 e. The largest absolute Gasteiger partial charge is 0.496 e. The molecule has 0 aliphatic carbocycles. The van der Waals surface area contributed by atoms with Crippen LogP contribution < -0.4 is 10.6 Å². The van der Waals surface area contributed by atoms with E-state index in [1.165, 1.54) is 5.56 Å². The maximum absolute atomic E-state index is 5.22. The number of nitrogens with two attached hydrogens (primary N) is 1. The van der Waals surface area contributed by atoms with Crippen molar-refractivity contribution in [3.05, 3.63) is 23.8 Å². The first-order valence-electron chi connectivity index (χ1n) is 4.34. The maximum Gasteiger partial charge on any atom is 0.132 e. The van der Waals surface area contributed by atoms with Gasteiger partial charge in [0, 0.05) is 4.90 Å². The summed E-state index contributed by atoms with van der Waals surface area (Å²) in [5.74, 6) is 5.89. The lowest BCUT2D eigenvalue weighted by molar-refractivity contribution is 0.141. The quantitative estimate of drug-likeness (QED) is 0.599. The molecule has 0 unspecified atom stereocenters. The summed E-state index contributed by atoms with van der Waals surface area (Å²) in [5, 5.41) is 0. The molecule has 0 heterocycles. The van der Waals surface area contributed by atoms with Crippen molar-refractivity contribution >= 4 is 11.8 Å². The van der Waals surface area contributed by atoms with Gasteiger partial charge in [-0.25, -0.2) is 5.90 Å². The lowest BCUT2D eigenvalue weighted by atomic mass is 10.1. The standard InChI is InChI=1S/C10H15NO2S/c1-12-9-4-3-8(5-6-13-11)7-10(9)14-2/h3-4,7H,5-6,11H2,1-2H3. The zero-order chi connectivity index (χ0) is 10.4. The molecule has 0 spiro atoms. The highest BCUT2D eigenvalue weighted by molar-refractivity contribution is 7.98. The third-order valence-electron chi connectivity index (χ3n) is 1.96. The fourth-order valence-corrected chi connectivity index (χ4v) is 1.83. The van der Waals surface area contributed by atoms with E-state index < -0.39 is 0 Å². The second-order valence-corrected chi connectivity index (χ2v) is 3.66. The first kappa shape index (κ1) is 11.4. The summed E-state index contributed by atoms with van der Waals surface area (Å²) < 4.78 is 5.22. The van der Waals surface area contributed by atoms with E-state index in [-0.39, 0.29) is 0 Å². The van der Waals surface area contributed by atoms with E-state index in [1.54, 1.807) is 18.9 Å². The Morgan fingerprint density at radius 3 is 2.79 bits per heavy atom. The third kappa shape index (κ3) is 2.90. The molecule has 4 heteroatoms. The molecule has 0 aromatic heterocycles. The van der Waals surface area contributed by atoms with Crippen LogP contribution in [0.2, 0.25) is 0 Å². The monoisotopic (exact) mass is 213 g/mol. The van der Waals surface area contributed by atoms with Gasteiger partial charge < -0.3 is 9.57 Å². The normalized spacial score (nSPS) is 10.2. The summed E-state index contributed by atoms with van der Waals surface area (Å²) in [6, 6.07) is 6.10. The van der Waals surface area contributed by atoms with Crippen molar-refractivity contribution in [1.82, 2.24) is 0 Å². The van der Waals surface area contributed by atoms with Crippen LogP contribution >= 0.6 is 11.8 Å². The smallest absolute Gasteiger partial charge is 0.132 e. The molecule has 14 heavy (non-hydrogen) atoms. The van der Waals surface area contributed by atoms with Crippen LogP contribution in [0.1, 0.15) is 5.56 Å². The predicted octanol–water partition coefficient (Wildman–Crippen LogP) is 1.85. The van der Waals surface area contributed by atoms with E-state index in [2.05, 4.69) is 10.9 Å². The van der Waals surface area contributed by atoms with E-state index in [9.17, 15) is 0 Å². The molecule has 2 N–H and O–H groups in total. The molecule has 0 saturated heterocycles. The topological polar surface area (TPSA) is 44.5 Å². The predicted molar refractivity (Wildman–Crippen MR) is 58.6 cm³/mol. The van der Waals surface area contributed by atoms with E-state index in [0.717, 1.165) is 17.1 Å². The van der Waals surface area contributed by atoms with Crippen molar-refractivity contribution in [1.29, 1.82) is 0 Å². The first-order chi connectivity index (χ1) is 6.81. The van der Waals surface area contributed by atoms with E-state index >= 15 is 0 Å². The number of hydrogen-bond acceptors (Lipinski definition) is 4. The molecular formula is C10H15NO2S. The van der Waals surface area contributed by atoms with Gasteiger partial charge in [0.1, 0.15) is 5.75 Å². The fraction of sp³-hybridized carbons (Fsp3) is 0.400. The highest BCUT2D eigenvalue weighted by atomic mass is 32.2. The second-order valence-electron chi connectivity index (χ2n) is 2.81. The molecule has 0 saturated carbocycles. The van der Waals surface area contributed by atoms with Gasteiger partial charge in [0.25, 0.3) is 0 Å². The molecule has 0 bridgehead atoms. The zero-order valence-electron chi connectivity index (χ0n) is 8.45. The van der Waals surface area contributed by atoms with E-state index in [4.69, 9.17) is 10.6 Å². The van der Waals surface area contributed by atoms with E-state index in [0.29, 0.717) is 6.61 Å². The fourth-order valence-electron chi connectivity index (χ4n) is 1.21. The molecule has 0 radical (unpaired) electrons. The van der Waals surface area contributed by atoms with Gasteiger partial charge in [0.2, 0.25) is 0 Å². The lowest BCUT2D eigenvalue weighted by Crippen LogP contribution is -2.03. The minimum atomic E-state index is 0.542. The Morgan fingerprint density at radius 2 is 2.21 bits per heavy atom. The Bertz CT molecular complexity index is 291. The number of methoxy groups -OCH3 is 1. The first-order valence-corrected chi connectivity index (χ1v) is 5.57. The number of benzene rings is 1. The van der Waals surface area contributed by atoms with Crippen LogP contribution in [-0.4, -0.2) is 20.0 Å². The summed E-state index contributed by atoms with van der Waals surface area (Å²) in [4.78, 5) is 5.68. The molecule has 78 valence electrons. The van der Waals surface area contributed by atoms with Gasteiger partial charge >= 0.3 is 0 Å². The Balaban J connectivity index is 2.79. The highest BCUT2D eigenvalue weighted by Crippen LogP contribution is 2.28. The lowest BCUT2D eigenvalue weighted by Gasteiger charge is -2.08. The Labute approximate surface area is 88.5 Å². The highest BCUT2D eigenvalue weighted by Gasteiger charge is 2.02. The maximum atomic E-state index is 5.22. The van der Waals surface area contributed by atoms with Crippen molar-refractivity contribution in [3.63, 3.8) is 0 Å². The summed E-state index contributed by atoms with van der Waals surface area (Å²) in [5.41, 5.74) is 1.21. The van der Waals surface area contributed by atoms with Crippen LogP contribution in [0.4, 0.5) is 0 Å². The number of rotatable bonds is 5. The third-order valence-corrected chi connectivity index (χ3v) is 2.72. The van der Waals surface area contributed by atoms with Crippen LogP contribution in [0, 0.1) is 0 Å². The van der Waals surface area contributed by atoms with Gasteiger partial charge in [0.05, 0.1) is 13.7 Å². The van der Waals surface area contributed by atoms with Crippen LogP contribution in [0.5, 0.6) is 5.75 Å². The number of thioether (sulfide) groups is 1. The average molecular weight is 213 g/mol. The van der Waals surface area contributed by atoms with Gasteiger partial charge in [0.15, 0.2) is 0 Å². The van der Waals surface area contributed by atoms with Crippen LogP contribution in [-0.2, 0) is 11.3 Å². The van der Waals surface area contributed by atoms with Gasteiger partial charge in [-0.3, -0.25) is 0 Å². The zero-order valence-corrected chi connectivity index (χ0v) is 9.26. The van der Waals surface area contributed by atoms with Gasteiger partial charge in [-0.15, -0.1) is 11.8 Å². The van der Waals surface area contributed by atoms with Gasteiger partial charge in [-0.05, 0) is 30.4 Å². The van der Waals surface area contributed by atoms with Crippen LogP contribution in [0.3, 0.4) is 0 Å². The van der Waals surface area contributed by atoms with Crippen LogP contribution in [0.25, 0.3) is 0 Å². The molecule has 0 atom stereocenters. The van der Waals surface area contributed by atoms with E-state index in [1.807, 2.05) is 18.4 Å². The number of ether oxygens (including phenoxy) is 1. The summed E-state index contributed by atoms with van der Waals surface area (Å²) in [6.45, 7) is 0.542. The van der Waals surface area contributed by atoms with Crippen molar-refractivity contribution in [2.24, 2.45) is 5.90 Å². The molecule has 1 aromatic rings. The second kappa shape index (κ2) is 5.90. The van der Waals surface area contributed by atoms with Crippen LogP contribution in [0.15, 0.2) is 23.1 Å². The summed E-state index contributed by atoms with van der Waals surface area (Å²) >= 11 is 1.67. The summed E-state index contributed by atoms with van der Waals surface area (Å²) in [7, 11) is 1.68. The Kier molecular flexibility index (Phi) is 4.79. The minimum absolute atomic E-state index is 0.542. The molecule has 0 aliphatic heterocycles. The van der Waals surface area contributed by atoms with Crippen molar-refractivity contribution < 1.29 is 9.57 Å². The molecular weight excluding hydrogens is 198 g/mol. The van der Waals surface area contributed by atoms with Gasteiger partial charge in [-0.1, -0.05) is 6.07 Å². The van der Waals surface area contributed by atoms with Crippen molar-refractivity contribution in [2.75, 3.05) is 20.0 Å². The average Bonchev–Trinajstić information content (AvgIpc) is 2.25. The van der Waals surface area contributed by atoms with Gasteiger partial charge in [-0.2, -0.15) is 0 Å². The molecule has 0 aliphatic rings. The SMILES string of the molecule is COc1ccc(CCON)cc1SC. The molecule has 3 nitrogen and oxygen atoms in total. The Hall–Kier alpha value is -0.710. The summed E-state index contributed by atoms with van der Waals surface area (Å²) in [6.07, 6.45) is 2.86. The molecule has 1 rings (SSSR count). The number of hydrogen-bond donors (Lipinski definition) is 1. The molecule has 1 aromatic carbocycles. The Morgan fingerprint density at radius 1 is 1.43 bits per heavy atom. The molecule has 0 amide bonds. The van der Waals surface area contributed by atoms with Crippen molar-refractivity contribution in [3.8, 4) is 5.75 Å². The molecule has 0 fully saturated rings. The van der Waals surface area contributed by atoms with Crippen molar-refractivity contribution in [2.45, 2.75) is 11.3 Å².